The van der Waals surface area contributed by atoms with Crippen LogP contribution in [0.5, 0.6) is 11.5 Å². The van der Waals surface area contributed by atoms with Crippen LogP contribution in [0.25, 0.3) is 11.0 Å². The van der Waals surface area contributed by atoms with Gasteiger partial charge < -0.3 is 19.7 Å². The minimum absolute atomic E-state index is 0.0905. The van der Waals surface area contributed by atoms with Crippen LogP contribution in [0.1, 0.15) is 44.4 Å². The standard InChI is InChI=1S/C30H35N5O4/c1-6-30(2,3)31-29(37)28(21-15-17-23(38-4)18-16-21)34(19-22-11-7-10-14-26(22)39-5)27(36)20-35-25-13-9-8-12-24(25)32-33-35/h7-18,28H,6,19-20H2,1-5H3,(H,31,37)/t28-/m0/s1. The second-order valence-electron chi connectivity index (χ2n) is 9.97. The molecule has 1 heterocycles. The van der Waals surface area contributed by atoms with E-state index < -0.39 is 11.6 Å². The second kappa shape index (κ2) is 12.0. The third kappa shape index (κ3) is 6.37. The Labute approximate surface area is 228 Å². The van der Waals surface area contributed by atoms with Crippen molar-refractivity contribution in [2.45, 2.75) is 51.9 Å². The maximum atomic E-state index is 14.1. The maximum Gasteiger partial charge on any atom is 0.247 e. The first-order valence-electron chi connectivity index (χ1n) is 12.9. The monoisotopic (exact) mass is 529 g/mol. The Bertz CT molecular complexity index is 1430. The molecule has 3 aromatic carbocycles. The number of amides is 2. The van der Waals surface area contributed by atoms with Crippen LogP contribution < -0.4 is 14.8 Å². The molecular weight excluding hydrogens is 494 g/mol. The number of hydrogen-bond donors (Lipinski definition) is 1. The molecule has 0 radical (unpaired) electrons. The van der Waals surface area contributed by atoms with Gasteiger partial charge in [-0.2, -0.15) is 0 Å². The van der Waals surface area contributed by atoms with Gasteiger partial charge >= 0.3 is 0 Å². The van der Waals surface area contributed by atoms with Crippen LogP contribution in [0.3, 0.4) is 0 Å². The lowest BCUT2D eigenvalue weighted by Gasteiger charge is -2.35. The molecule has 0 fully saturated rings. The van der Waals surface area contributed by atoms with Crippen molar-refractivity contribution in [1.29, 1.82) is 0 Å². The molecule has 0 spiro atoms. The molecule has 2 amide bonds. The third-order valence-electron chi connectivity index (χ3n) is 6.90. The van der Waals surface area contributed by atoms with Gasteiger partial charge in [0.15, 0.2) is 0 Å². The Morgan fingerprint density at radius 2 is 1.67 bits per heavy atom. The number of carbonyl (C=O) groups excluding carboxylic acids is 2. The van der Waals surface area contributed by atoms with E-state index in [0.717, 1.165) is 17.5 Å². The van der Waals surface area contributed by atoms with Gasteiger partial charge in [0.1, 0.15) is 29.6 Å². The number of carbonyl (C=O) groups is 2. The molecule has 39 heavy (non-hydrogen) atoms. The number of nitrogens with one attached hydrogen (secondary N) is 1. The third-order valence-corrected chi connectivity index (χ3v) is 6.90. The molecule has 0 unspecified atom stereocenters. The number of aromatic nitrogens is 3. The van der Waals surface area contributed by atoms with E-state index in [2.05, 4.69) is 15.6 Å². The van der Waals surface area contributed by atoms with Crippen LogP contribution in [-0.2, 0) is 22.7 Å². The predicted molar refractivity (Wildman–Crippen MR) is 149 cm³/mol. The Kier molecular flexibility index (Phi) is 8.49. The summed E-state index contributed by atoms with van der Waals surface area (Å²) in [4.78, 5) is 29.7. The molecular formula is C30H35N5O4. The summed E-state index contributed by atoms with van der Waals surface area (Å²) in [7, 11) is 3.17. The lowest BCUT2D eigenvalue weighted by molar-refractivity contribution is -0.143. The number of ether oxygens (including phenoxy) is 2. The topological polar surface area (TPSA) is 98.6 Å². The Morgan fingerprint density at radius 3 is 2.36 bits per heavy atom. The highest BCUT2D eigenvalue weighted by Crippen LogP contribution is 2.29. The average molecular weight is 530 g/mol. The number of fused-ring (bicyclic) bond motifs is 1. The molecule has 0 aliphatic carbocycles. The highest BCUT2D eigenvalue weighted by atomic mass is 16.5. The number of nitrogens with zero attached hydrogens (tertiary/aromatic N) is 4. The van der Waals surface area contributed by atoms with Gasteiger partial charge in [0.25, 0.3) is 0 Å². The highest BCUT2D eigenvalue weighted by Gasteiger charge is 2.35. The van der Waals surface area contributed by atoms with Crippen molar-refractivity contribution in [2.24, 2.45) is 0 Å². The lowest BCUT2D eigenvalue weighted by Crippen LogP contribution is -2.50. The molecule has 0 aliphatic heterocycles. The van der Waals surface area contributed by atoms with Crippen LogP contribution in [0.15, 0.2) is 72.8 Å². The molecule has 4 aromatic rings. The van der Waals surface area contributed by atoms with Crippen molar-refractivity contribution >= 4 is 22.8 Å². The molecule has 4 rings (SSSR count). The Balaban J connectivity index is 1.80. The van der Waals surface area contributed by atoms with Crippen molar-refractivity contribution < 1.29 is 19.1 Å². The summed E-state index contributed by atoms with van der Waals surface area (Å²) in [5.41, 5.74) is 2.39. The van der Waals surface area contributed by atoms with E-state index in [-0.39, 0.29) is 24.9 Å². The van der Waals surface area contributed by atoms with Gasteiger partial charge in [-0.25, -0.2) is 4.68 Å². The summed E-state index contributed by atoms with van der Waals surface area (Å²) in [6.07, 6.45) is 0.722. The van der Waals surface area contributed by atoms with E-state index in [1.54, 1.807) is 35.9 Å². The first-order valence-corrected chi connectivity index (χ1v) is 12.9. The molecule has 1 N–H and O–H groups in total. The summed E-state index contributed by atoms with van der Waals surface area (Å²) in [5, 5.41) is 11.5. The first kappa shape index (κ1) is 27.6. The zero-order valence-electron chi connectivity index (χ0n) is 23.0. The molecule has 1 atom stereocenters. The van der Waals surface area contributed by atoms with Crippen molar-refractivity contribution in [3.63, 3.8) is 0 Å². The van der Waals surface area contributed by atoms with Gasteiger partial charge in [0.05, 0.1) is 26.3 Å². The quantitative estimate of drug-likeness (QED) is 0.307. The van der Waals surface area contributed by atoms with E-state index in [0.29, 0.717) is 22.6 Å². The first-order chi connectivity index (χ1) is 18.8. The summed E-state index contributed by atoms with van der Waals surface area (Å²) in [5.74, 6) is 0.716. The van der Waals surface area contributed by atoms with Crippen molar-refractivity contribution in [3.05, 3.63) is 83.9 Å². The van der Waals surface area contributed by atoms with Gasteiger partial charge in [-0.15, -0.1) is 5.10 Å². The fourth-order valence-electron chi connectivity index (χ4n) is 4.34. The molecule has 0 saturated heterocycles. The van der Waals surface area contributed by atoms with Crippen molar-refractivity contribution in [3.8, 4) is 11.5 Å². The van der Waals surface area contributed by atoms with E-state index >= 15 is 0 Å². The zero-order chi connectivity index (χ0) is 28.0. The lowest BCUT2D eigenvalue weighted by atomic mass is 9.98. The van der Waals surface area contributed by atoms with Crippen LogP contribution in [0, 0.1) is 0 Å². The fourth-order valence-corrected chi connectivity index (χ4v) is 4.34. The van der Waals surface area contributed by atoms with Crippen LogP contribution in [-0.4, -0.2) is 51.5 Å². The van der Waals surface area contributed by atoms with Gasteiger partial charge in [-0.3, -0.25) is 9.59 Å². The summed E-state index contributed by atoms with van der Waals surface area (Å²) in [6, 6.07) is 21.2. The number of hydrogen-bond acceptors (Lipinski definition) is 6. The van der Waals surface area contributed by atoms with Gasteiger partial charge in [0.2, 0.25) is 11.8 Å². The maximum absolute atomic E-state index is 14.1. The molecule has 0 bridgehead atoms. The average Bonchev–Trinajstić information content (AvgIpc) is 3.35. The Morgan fingerprint density at radius 1 is 0.974 bits per heavy atom. The summed E-state index contributed by atoms with van der Waals surface area (Å²) < 4.78 is 12.5. The highest BCUT2D eigenvalue weighted by molar-refractivity contribution is 5.89. The normalized spacial score (nSPS) is 12.1. The second-order valence-corrected chi connectivity index (χ2v) is 9.97. The van der Waals surface area contributed by atoms with Crippen LogP contribution in [0.2, 0.25) is 0 Å². The largest absolute Gasteiger partial charge is 0.497 e. The number of benzene rings is 3. The number of para-hydroxylation sites is 2. The number of methoxy groups -OCH3 is 2. The molecule has 0 saturated carbocycles. The molecule has 1 aromatic heterocycles. The van der Waals surface area contributed by atoms with E-state index in [4.69, 9.17) is 9.47 Å². The van der Waals surface area contributed by atoms with Gasteiger partial charge in [-0.05, 0) is 56.2 Å². The molecule has 204 valence electrons. The fraction of sp³-hybridized carbons (Fsp3) is 0.333. The van der Waals surface area contributed by atoms with E-state index in [1.165, 1.54) is 0 Å². The smallest absolute Gasteiger partial charge is 0.247 e. The summed E-state index contributed by atoms with van der Waals surface area (Å²) in [6.45, 7) is 5.99. The van der Waals surface area contributed by atoms with Crippen LogP contribution >= 0.6 is 0 Å². The predicted octanol–water partition coefficient (Wildman–Crippen LogP) is 4.52. The minimum atomic E-state index is -0.922. The molecule has 9 heteroatoms. The minimum Gasteiger partial charge on any atom is -0.497 e. The SMILES string of the molecule is CCC(C)(C)NC(=O)[C@H](c1ccc(OC)cc1)N(Cc1ccccc1OC)C(=O)Cn1nnc2ccccc21. The molecule has 9 nitrogen and oxygen atoms in total. The summed E-state index contributed by atoms with van der Waals surface area (Å²) >= 11 is 0. The van der Waals surface area contributed by atoms with Gasteiger partial charge in [-0.1, -0.05) is 54.6 Å². The van der Waals surface area contributed by atoms with Crippen LogP contribution in [0.4, 0.5) is 0 Å². The number of rotatable bonds is 11. The zero-order valence-corrected chi connectivity index (χ0v) is 23.0. The van der Waals surface area contributed by atoms with Gasteiger partial charge in [0, 0.05) is 11.1 Å². The van der Waals surface area contributed by atoms with Crippen molar-refractivity contribution in [2.75, 3.05) is 14.2 Å². The van der Waals surface area contributed by atoms with Crippen molar-refractivity contribution in [1.82, 2.24) is 25.2 Å². The van der Waals surface area contributed by atoms with E-state index in [1.807, 2.05) is 81.4 Å². The van der Waals surface area contributed by atoms with E-state index in [9.17, 15) is 9.59 Å². The molecule has 0 aliphatic rings. The Hall–Kier alpha value is -4.40.